The normalized spacial score (nSPS) is 26.3. The summed E-state index contributed by atoms with van der Waals surface area (Å²) in [6, 6.07) is 12.3. The van der Waals surface area contributed by atoms with Gasteiger partial charge in [0, 0.05) is 11.1 Å². The van der Waals surface area contributed by atoms with Gasteiger partial charge in [0.15, 0.2) is 11.6 Å². The highest BCUT2D eigenvalue weighted by molar-refractivity contribution is 5.44. The van der Waals surface area contributed by atoms with Crippen LogP contribution in [0.2, 0.25) is 0 Å². The number of hydrogen-bond acceptors (Lipinski definition) is 0. The topological polar surface area (TPSA) is 0 Å². The minimum atomic E-state index is -0.855. The average molecular weight is 393 g/mol. The van der Waals surface area contributed by atoms with Crippen molar-refractivity contribution in [3.05, 3.63) is 70.8 Å². The first-order valence-electron chi connectivity index (χ1n) is 11.2. The van der Waals surface area contributed by atoms with Crippen LogP contribution in [-0.4, -0.2) is 0 Å². The fourth-order valence-electron chi connectivity index (χ4n) is 5.52. The van der Waals surface area contributed by atoms with Crippen LogP contribution in [0.1, 0.15) is 80.9 Å². The molecule has 4 rings (SSSR count). The SMILES string of the molecule is CCCC1CCC2CC(c3ccc(C#Cc4ccc(F)c(F)c4)cc3)CCC2C1. The van der Waals surface area contributed by atoms with Gasteiger partial charge in [0.1, 0.15) is 0 Å². The highest BCUT2D eigenvalue weighted by atomic mass is 19.2. The van der Waals surface area contributed by atoms with E-state index in [0.717, 1.165) is 35.4 Å². The van der Waals surface area contributed by atoms with Crippen LogP contribution in [-0.2, 0) is 0 Å². The molecule has 0 aromatic heterocycles. The lowest BCUT2D eigenvalue weighted by molar-refractivity contribution is 0.114. The van der Waals surface area contributed by atoms with Crippen molar-refractivity contribution in [2.75, 3.05) is 0 Å². The van der Waals surface area contributed by atoms with Crippen molar-refractivity contribution in [1.82, 2.24) is 0 Å². The van der Waals surface area contributed by atoms with Crippen LogP contribution in [0.15, 0.2) is 42.5 Å². The quantitative estimate of drug-likeness (QED) is 0.475. The van der Waals surface area contributed by atoms with E-state index < -0.39 is 11.6 Å². The summed E-state index contributed by atoms with van der Waals surface area (Å²) < 4.78 is 26.3. The molecule has 0 heterocycles. The van der Waals surface area contributed by atoms with Crippen molar-refractivity contribution in [2.24, 2.45) is 17.8 Å². The zero-order chi connectivity index (χ0) is 20.2. The lowest BCUT2D eigenvalue weighted by atomic mass is 9.63. The maximum absolute atomic E-state index is 13.3. The molecule has 0 aliphatic heterocycles. The van der Waals surface area contributed by atoms with E-state index in [1.54, 1.807) is 0 Å². The molecule has 2 aromatic rings. The minimum absolute atomic E-state index is 0.491. The molecule has 0 N–H and O–H groups in total. The van der Waals surface area contributed by atoms with Crippen molar-refractivity contribution < 1.29 is 8.78 Å². The first-order valence-corrected chi connectivity index (χ1v) is 11.2. The summed E-state index contributed by atoms with van der Waals surface area (Å²) in [7, 11) is 0. The van der Waals surface area contributed by atoms with Gasteiger partial charge in [0.2, 0.25) is 0 Å². The van der Waals surface area contributed by atoms with Crippen molar-refractivity contribution in [3.63, 3.8) is 0 Å². The van der Waals surface area contributed by atoms with E-state index in [2.05, 4.69) is 43.0 Å². The Bertz CT molecular complexity index is 887. The fourth-order valence-corrected chi connectivity index (χ4v) is 5.52. The molecule has 2 fully saturated rings. The molecule has 4 unspecified atom stereocenters. The first-order chi connectivity index (χ1) is 14.1. The molecular formula is C27H30F2. The van der Waals surface area contributed by atoms with Gasteiger partial charge >= 0.3 is 0 Å². The Morgan fingerprint density at radius 2 is 1.48 bits per heavy atom. The highest BCUT2D eigenvalue weighted by Crippen LogP contribution is 2.48. The summed E-state index contributed by atoms with van der Waals surface area (Å²) in [6.07, 6.45) is 11.1. The number of benzene rings is 2. The van der Waals surface area contributed by atoms with Gasteiger partial charge in [-0.2, -0.15) is 0 Å². The Labute approximate surface area is 173 Å². The minimum Gasteiger partial charge on any atom is -0.204 e. The van der Waals surface area contributed by atoms with Crippen LogP contribution >= 0.6 is 0 Å². The van der Waals surface area contributed by atoms with Crippen molar-refractivity contribution in [1.29, 1.82) is 0 Å². The lowest BCUT2D eigenvalue weighted by Gasteiger charge is -2.42. The Morgan fingerprint density at radius 1 is 0.793 bits per heavy atom. The molecule has 152 valence electrons. The zero-order valence-electron chi connectivity index (χ0n) is 17.3. The Morgan fingerprint density at radius 3 is 2.24 bits per heavy atom. The average Bonchev–Trinajstić information content (AvgIpc) is 2.75. The number of fused-ring (bicyclic) bond motifs is 1. The van der Waals surface area contributed by atoms with E-state index in [-0.39, 0.29) is 0 Å². The van der Waals surface area contributed by atoms with Gasteiger partial charge < -0.3 is 0 Å². The zero-order valence-corrected chi connectivity index (χ0v) is 17.3. The molecule has 2 heteroatoms. The van der Waals surface area contributed by atoms with Crippen LogP contribution in [0.3, 0.4) is 0 Å². The standard InChI is InChI=1S/C27H30F2/c1-2-3-20-8-12-25-18-24(14-13-23(25)16-20)22-10-6-19(7-11-22)4-5-21-9-15-26(28)27(29)17-21/h6-7,9-11,15,17,20,23-25H,2-3,8,12-14,16,18H2,1H3. The van der Waals surface area contributed by atoms with Crippen molar-refractivity contribution in [3.8, 4) is 11.8 Å². The third-order valence-corrected chi connectivity index (χ3v) is 7.07. The second kappa shape index (κ2) is 9.12. The molecule has 0 spiro atoms. The van der Waals surface area contributed by atoms with Gasteiger partial charge in [-0.05, 0) is 91.7 Å². The fraction of sp³-hybridized carbons (Fsp3) is 0.481. The predicted molar refractivity (Wildman–Crippen MR) is 115 cm³/mol. The van der Waals surface area contributed by atoms with Gasteiger partial charge in [0.05, 0.1) is 0 Å². The maximum Gasteiger partial charge on any atom is 0.160 e. The second-order valence-corrected chi connectivity index (χ2v) is 9.00. The Balaban J connectivity index is 1.38. The third kappa shape index (κ3) is 4.89. The van der Waals surface area contributed by atoms with E-state index >= 15 is 0 Å². The number of halogens is 2. The van der Waals surface area contributed by atoms with E-state index in [9.17, 15) is 8.78 Å². The molecular weight excluding hydrogens is 362 g/mol. The summed E-state index contributed by atoms with van der Waals surface area (Å²) in [4.78, 5) is 0. The highest BCUT2D eigenvalue weighted by Gasteiger charge is 2.35. The van der Waals surface area contributed by atoms with E-state index in [4.69, 9.17) is 0 Å². The summed E-state index contributed by atoms with van der Waals surface area (Å²) >= 11 is 0. The molecule has 0 radical (unpaired) electrons. The van der Waals surface area contributed by atoms with Gasteiger partial charge in [-0.3, -0.25) is 0 Å². The number of rotatable bonds is 3. The summed E-state index contributed by atoms with van der Waals surface area (Å²) in [5, 5.41) is 0. The summed E-state index contributed by atoms with van der Waals surface area (Å²) in [5.41, 5.74) is 2.83. The van der Waals surface area contributed by atoms with Crippen molar-refractivity contribution >= 4 is 0 Å². The lowest BCUT2D eigenvalue weighted by Crippen LogP contribution is -2.30. The Kier molecular flexibility index (Phi) is 6.34. The molecule has 0 saturated heterocycles. The van der Waals surface area contributed by atoms with Crippen molar-refractivity contribution in [2.45, 2.75) is 64.2 Å². The summed E-state index contributed by atoms with van der Waals surface area (Å²) in [5.74, 6) is 7.81. The molecule has 0 nitrogen and oxygen atoms in total. The monoisotopic (exact) mass is 392 g/mol. The first kappa shape index (κ1) is 20.1. The summed E-state index contributed by atoms with van der Waals surface area (Å²) in [6.45, 7) is 2.31. The third-order valence-electron chi connectivity index (χ3n) is 7.07. The molecule has 29 heavy (non-hydrogen) atoms. The van der Waals surface area contributed by atoms with Crippen LogP contribution in [0, 0.1) is 41.2 Å². The largest absolute Gasteiger partial charge is 0.204 e. The predicted octanol–water partition coefficient (Wildman–Crippen LogP) is 7.46. The molecule has 2 saturated carbocycles. The van der Waals surface area contributed by atoms with Crippen LogP contribution in [0.4, 0.5) is 8.78 Å². The van der Waals surface area contributed by atoms with Crippen LogP contribution < -0.4 is 0 Å². The molecule has 2 aromatic carbocycles. The smallest absolute Gasteiger partial charge is 0.160 e. The van der Waals surface area contributed by atoms with Gasteiger partial charge in [-0.25, -0.2) is 8.78 Å². The molecule has 0 bridgehead atoms. The van der Waals surface area contributed by atoms with Gasteiger partial charge in [-0.1, -0.05) is 50.2 Å². The van der Waals surface area contributed by atoms with Crippen LogP contribution in [0.25, 0.3) is 0 Å². The van der Waals surface area contributed by atoms with Gasteiger partial charge in [0.25, 0.3) is 0 Å². The molecule has 2 aliphatic carbocycles. The number of hydrogen-bond donors (Lipinski definition) is 0. The van der Waals surface area contributed by atoms with E-state index in [0.29, 0.717) is 11.5 Å². The molecule has 4 atom stereocenters. The second-order valence-electron chi connectivity index (χ2n) is 9.00. The molecule has 0 amide bonds. The molecule has 2 aliphatic rings. The van der Waals surface area contributed by atoms with Gasteiger partial charge in [-0.15, -0.1) is 0 Å². The maximum atomic E-state index is 13.3. The van der Waals surface area contributed by atoms with E-state index in [1.807, 2.05) is 0 Å². The van der Waals surface area contributed by atoms with Crippen LogP contribution in [0.5, 0.6) is 0 Å². The van der Waals surface area contributed by atoms with E-state index in [1.165, 1.54) is 63.0 Å². The Hall–Kier alpha value is -2.14.